The molecule has 1 unspecified atom stereocenters. The van der Waals surface area contributed by atoms with E-state index in [0.717, 1.165) is 0 Å². The largest absolute Gasteiger partial charge is 0.484 e. The summed E-state index contributed by atoms with van der Waals surface area (Å²) in [4.78, 5) is 0. The fourth-order valence-electron chi connectivity index (χ4n) is 0.998. The van der Waals surface area contributed by atoms with E-state index in [0.29, 0.717) is 0 Å². The zero-order valence-electron chi connectivity index (χ0n) is 9.24. The summed E-state index contributed by atoms with van der Waals surface area (Å²) in [7, 11) is 0. The van der Waals surface area contributed by atoms with E-state index in [2.05, 4.69) is 4.74 Å². The number of hydrogen-bond acceptors (Lipinski definition) is 3. The molecule has 0 aliphatic rings. The molecule has 0 saturated heterocycles. The number of hydrogen-bond donors (Lipinski definition) is 2. The van der Waals surface area contributed by atoms with Crippen LogP contribution in [0.5, 0.6) is 5.75 Å². The Bertz CT molecular complexity index is 435. The number of aliphatic hydroxyl groups is 1. The maximum absolute atomic E-state index is 13.1. The van der Waals surface area contributed by atoms with E-state index in [9.17, 15) is 27.1 Å². The van der Waals surface area contributed by atoms with Crippen LogP contribution in [0.15, 0.2) is 0 Å². The highest BCUT2D eigenvalue weighted by Gasteiger charge is 2.29. The fourth-order valence-corrected chi connectivity index (χ4v) is 0.998. The molecule has 0 spiro atoms. The third-order valence-corrected chi connectivity index (χ3v) is 2.14. The lowest BCUT2D eigenvalue weighted by atomic mass is 10.1. The minimum absolute atomic E-state index is 0.317. The topological polar surface area (TPSA) is 55.5 Å². The van der Waals surface area contributed by atoms with Gasteiger partial charge < -0.3 is 15.6 Å². The van der Waals surface area contributed by atoms with Crippen molar-refractivity contribution < 1.29 is 31.8 Å². The standard InChI is InChI=1S/C10H10F5NO2/c1-10(17,2-16)3-18-9-7(14)5(12)4(11)6(13)8(9)15/h17H,2-3,16H2,1H3. The molecule has 1 atom stereocenters. The summed E-state index contributed by atoms with van der Waals surface area (Å²) in [5, 5.41) is 9.40. The number of ether oxygens (including phenoxy) is 1. The Morgan fingerprint density at radius 3 is 1.78 bits per heavy atom. The lowest BCUT2D eigenvalue weighted by molar-refractivity contribution is 0.0163. The summed E-state index contributed by atoms with van der Waals surface area (Å²) in [5.41, 5.74) is 3.45. The van der Waals surface area contributed by atoms with Gasteiger partial charge in [-0.2, -0.15) is 8.78 Å². The summed E-state index contributed by atoms with van der Waals surface area (Å²) in [6.45, 7) is 0.142. The van der Waals surface area contributed by atoms with Crippen molar-refractivity contribution >= 4 is 0 Å². The average molecular weight is 271 g/mol. The second kappa shape index (κ2) is 5.07. The molecule has 8 heteroatoms. The van der Waals surface area contributed by atoms with Gasteiger partial charge in [0.2, 0.25) is 29.1 Å². The third-order valence-electron chi connectivity index (χ3n) is 2.14. The number of benzene rings is 1. The van der Waals surface area contributed by atoms with Crippen molar-refractivity contribution in [1.82, 2.24) is 0 Å². The third kappa shape index (κ3) is 2.70. The molecule has 18 heavy (non-hydrogen) atoms. The maximum Gasteiger partial charge on any atom is 0.206 e. The van der Waals surface area contributed by atoms with E-state index in [4.69, 9.17) is 5.73 Å². The zero-order chi connectivity index (χ0) is 14.1. The van der Waals surface area contributed by atoms with Crippen LogP contribution in [0.1, 0.15) is 6.92 Å². The summed E-state index contributed by atoms with van der Waals surface area (Å²) >= 11 is 0. The van der Waals surface area contributed by atoms with Gasteiger partial charge in [-0.25, -0.2) is 13.2 Å². The van der Waals surface area contributed by atoms with Crippen molar-refractivity contribution in [3.8, 4) is 5.75 Å². The van der Waals surface area contributed by atoms with E-state index in [1.807, 2.05) is 0 Å². The van der Waals surface area contributed by atoms with Crippen LogP contribution in [0.3, 0.4) is 0 Å². The van der Waals surface area contributed by atoms with Gasteiger partial charge in [-0.15, -0.1) is 0 Å². The molecule has 0 heterocycles. The van der Waals surface area contributed by atoms with Crippen molar-refractivity contribution in [1.29, 1.82) is 0 Å². The van der Waals surface area contributed by atoms with Crippen LogP contribution in [0.25, 0.3) is 0 Å². The normalized spacial score (nSPS) is 14.4. The number of halogens is 5. The Labute approximate surface area is 99.0 Å². The van der Waals surface area contributed by atoms with Gasteiger partial charge in [0.1, 0.15) is 12.2 Å². The first kappa shape index (κ1) is 14.7. The molecule has 0 radical (unpaired) electrons. The van der Waals surface area contributed by atoms with Crippen molar-refractivity contribution in [3.05, 3.63) is 29.1 Å². The zero-order valence-corrected chi connectivity index (χ0v) is 9.24. The van der Waals surface area contributed by atoms with E-state index in [-0.39, 0.29) is 6.54 Å². The number of rotatable bonds is 4. The molecule has 1 aromatic carbocycles. The monoisotopic (exact) mass is 271 g/mol. The Morgan fingerprint density at radius 1 is 1.00 bits per heavy atom. The Balaban J connectivity index is 3.11. The molecule has 0 amide bonds. The van der Waals surface area contributed by atoms with Crippen LogP contribution < -0.4 is 10.5 Å². The van der Waals surface area contributed by atoms with Crippen molar-refractivity contribution in [3.63, 3.8) is 0 Å². The first-order valence-electron chi connectivity index (χ1n) is 4.78. The molecule has 0 aliphatic carbocycles. The molecule has 3 nitrogen and oxygen atoms in total. The van der Waals surface area contributed by atoms with Crippen LogP contribution in [0.4, 0.5) is 22.0 Å². The summed E-state index contributed by atoms with van der Waals surface area (Å²) in [6.07, 6.45) is 0. The van der Waals surface area contributed by atoms with Crippen LogP contribution in [-0.4, -0.2) is 23.9 Å². The van der Waals surface area contributed by atoms with Crippen molar-refractivity contribution in [2.45, 2.75) is 12.5 Å². The molecule has 0 saturated carbocycles. The predicted molar refractivity (Wildman–Crippen MR) is 51.4 cm³/mol. The van der Waals surface area contributed by atoms with Gasteiger partial charge in [0, 0.05) is 6.54 Å². The fraction of sp³-hybridized carbons (Fsp3) is 0.400. The highest BCUT2D eigenvalue weighted by Crippen LogP contribution is 2.29. The Morgan fingerprint density at radius 2 is 1.39 bits per heavy atom. The summed E-state index contributed by atoms with van der Waals surface area (Å²) < 4.78 is 68.9. The summed E-state index contributed by atoms with van der Waals surface area (Å²) in [5.74, 6) is -12.1. The molecule has 0 fully saturated rings. The van der Waals surface area contributed by atoms with Crippen LogP contribution in [0.2, 0.25) is 0 Å². The van der Waals surface area contributed by atoms with Crippen LogP contribution >= 0.6 is 0 Å². The van der Waals surface area contributed by atoms with Gasteiger partial charge in [-0.3, -0.25) is 0 Å². The van der Waals surface area contributed by atoms with Crippen LogP contribution in [-0.2, 0) is 0 Å². The quantitative estimate of drug-likeness (QED) is 0.495. The lowest BCUT2D eigenvalue weighted by Gasteiger charge is -2.21. The highest BCUT2D eigenvalue weighted by atomic mass is 19.2. The Hall–Kier alpha value is -1.41. The summed E-state index contributed by atoms with van der Waals surface area (Å²) in [6, 6.07) is 0. The van der Waals surface area contributed by atoms with E-state index in [1.165, 1.54) is 6.92 Å². The van der Waals surface area contributed by atoms with Gasteiger partial charge in [0.15, 0.2) is 5.75 Å². The smallest absolute Gasteiger partial charge is 0.206 e. The molecule has 1 aromatic rings. The van der Waals surface area contributed by atoms with E-state index in [1.54, 1.807) is 0 Å². The minimum Gasteiger partial charge on any atom is -0.484 e. The molecule has 102 valence electrons. The van der Waals surface area contributed by atoms with Gasteiger partial charge in [0.05, 0.1) is 0 Å². The lowest BCUT2D eigenvalue weighted by Crippen LogP contribution is -2.40. The first-order chi connectivity index (χ1) is 8.21. The molecule has 0 aromatic heterocycles. The second-order valence-electron chi connectivity index (χ2n) is 3.89. The van der Waals surface area contributed by atoms with Crippen molar-refractivity contribution in [2.24, 2.45) is 5.73 Å². The molecular formula is C10H10F5NO2. The first-order valence-corrected chi connectivity index (χ1v) is 4.78. The van der Waals surface area contributed by atoms with E-state index < -0.39 is 47.0 Å². The highest BCUT2D eigenvalue weighted by molar-refractivity contribution is 5.29. The van der Waals surface area contributed by atoms with Crippen molar-refractivity contribution in [2.75, 3.05) is 13.2 Å². The van der Waals surface area contributed by atoms with Gasteiger partial charge >= 0.3 is 0 Å². The van der Waals surface area contributed by atoms with Gasteiger partial charge in [0.25, 0.3) is 0 Å². The van der Waals surface area contributed by atoms with E-state index >= 15 is 0 Å². The van der Waals surface area contributed by atoms with Gasteiger partial charge in [-0.1, -0.05) is 0 Å². The Kier molecular flexibility index (Phi) is 4.12. The SMILES string of the molecule is CC(O)(CN)COc1c(F)c(F)c(F)c(F)c1F. The second-order valence-corrected chi connectivity index (χ2v) is 3.89. The minimum atomic E-state index is -2.28. The molecule has 1 rings (SSSR count). The molecule has 0 bridgehead atoms. The molecular weight excluding hydrogens is 261 g/mol. The van der Waals surface area contributed by atoms with Gasteiger partial charge in [-0.05, 0) is 6.92 Å². The average Bonchev–Trinajstić information content (AvgIpc) is 2.34. The molecule has 3 N–H and O–H groups in total. The maximum atomic E-state index is 13.1. The van der Waals surface area contributed by atoms with Crippen LogP contribution in [0, 0.1) is 29.1 Å². The number of nitrogens with two attached hydrogens (primary N) is 1. The molecule has 0 aliphatic heterocycles. The predicted octanol–water partition coefficient (Wildman–Crippen LogP) is 1.47.